The molecule has 0 atom stereocenters. The molecule has 0 saturated heterocycles. The number of para-hydroxylation sites is 1. The number of aromatic nitrogens is 2. The van der Waals surface area contributed by atoms with Gasteiger partial charge >= 0.3 is 5.97 Å². The SMILES string of the molecule is CO/C=C/c1c(C(=O)O)nc(-c2ccc(Cl)cc2)n1-c1ccccc1Cl. The Labute approximate surface area is 160 Å². The minimum absolute atomic E-state index is 0.108. The number of halogens is 2. The fourth-order valence-corrected chi connectivity index (χ4v) is 2.89. The number of methoxy groups -OCH3 is 1. The van der Waals surface area contributed by atoms with Crippen LogP contribution < -0.4 is 0 Å². The summed E-state index contributed by atoms with van der Waals surface area (Å²) in [6.07, 6.45) is 2.93. The van der Waals surface area contributed by atoms with Crippen molar-refractivity contribution in [1.29, 1.82) is 0 Å². The van der Waals surface area contributed by atoms with Crippen molar-refractivity contribution in [1.82, 2.24) is 9.55 Å². The van der Waals surface area contributed by atoms with Crippen LogP contribution in [0.4, 0.5) is 0 Å². The molecule has 1 aromatic heterocycles. The van der Waals surface area contributed by atoms with E-state index >= 15 is 0 Å². The van der Waals surface area contributed by atoms with E-state index in [1.165, 1.54) is 13.4 Å². The number of imidazole rings is 1. The van der Waals surface area contributed by atoms with Crippen LogP contribution in [0.1, 0.15) is 16.2 Å². The zero-order valence-electron chi connectivity index (χ0n) is 13.7. The van der Waals surface area contributed by atoms with E-state index in [-0.39, 0.29) is 5.69 Å². The molecule has 0 aliphatic rings. The van der Waals surface area contributed by atoms with E-state index in [4.69, 9.17) is 27.9 Å². The molecule has 0 fully saturated rings. The molecule has 7 heteroatoms. The first-order valence-corrected chi connectivity index (χ1v) is 8.34. The van der Waals surface area contributed by atoms with Gasteiger partial charge in [-0.25, -0.2) is 9.78 Å². The standard InChI is InChI=1S/C19H14Cl2N2O3/c1-26-11-10-16-17(19(24)25)22-18(12-6-8-13(20)9-7-12)23(16)15-5-3-2-4-14(15)21/h2-11H,1H3,(H,24,25)/b11-10+. The highest BCUT2D eigenvalue weighted by Gasteiger charge is 2.23. The van der Waals surface area contributed by atoms with Crippen LogP contribution in [-0.4, -0.2) is 27.7 Å². The summed E-state index contributed by atoms with van der Waals surface area (Å²) >= 11 is 12.3. The molecule has 0 aliphatic carbocycles. The first-order chi connectivity index (χ1) is 12.5. The van der Waals surface area contributed by atoms with Gasteiger partial charge in [-0.2, -0.15) is 0 Å². The summed E-state index contributed by atoms with van der Waals surface area (Å²) in [6.45, 7) is 0. The summed E-state index contributed by atoms with van der Waals surface area (Å²) in [5, 5.41) is 10.6. The van der Waals surface area contributed by atoms with Crippen molar-refractivity contribution < 1.29 is 14.6 Å². The first kappa shape index (κ1) is 18.0. The van der Waals surface area contributed by atoms with E-state index in [0.717, 1.165) is 0 Å². The molecular weight excluding hydrogens is 375 g/mol. The van der Waals surface area contributed by atoms with Crippen molar-refractivity contribution >= 4 is 35.2 Å². The Hall–Kier alpha value is -2.76. The predicted molar refractivity (Wildman–Crippen MR) is 102 cm³/mol. The van der Waals surface area contributed by atoms with Gasteiger partial charge in [0, 0.05) is 10.6 Å². The molecule has 0 bridgehead atoms. The van der Waals surface area contributed by atoms with Crippen molar-refractivity contribution in [3.63, 3.8) is 0 Å². The normalized spacial score (nSPS) is 11.0. The predicted octanol–water partition coefficient (Wildman–Crippen LogP) is 5.16. The van der Waals surface area contributed by atoms with Gasteiger partial charge in [0.25, 0.3) is 0 Å². The van der Waals surface area contributed by atoms with Crippen molar-refractivity contribution in [3.05, 3.63) is 76.2 Å². The smallest absolute Gasteiger partial charge is 0.356 e. The Morgan fingerprint density at radius 3 is 2.46 bits per heavy atom. The van der Waals surface area contributed by atoms with E-state index in [2.05, 4.69) is 4.98 Å². The summed E-state index contributed by atoms with van der Waals surface area (Å²) in [6, 6.07) is 14.1. The van der Waals surface area contributed by atoms with Gasteiger partial charge in [0.05, 0.1) is 29.8 Å². The number of ether oxygens (including phenoxy) is 1. The molecule has 0 spiro atoms. The van der Waals surface area contributed by atoms with Gasteiger partial charge < -0.3 is 9.84 Å². The molecule has 1 heterocycles. The van der Waals surface area contributed by atoms with E-state index in [0.29, 0.717) is 32.8 Å². The topological polar surface area (TPSA) is 64.3 Å². The minimum Gasteiger partial charge on any atom is -0.504 e. The van der Waals surface area contributed by atoms with Crippen LogP contribution in [0, 0.1) is 0 Å². The summed E-state index contributed by atoms with van der Waals surface area (Å²) < 4.78 is 6.65. The summed E-state index contributed by atoms with van der Waals surface area (Å²) in [7, 11) is 1.48. The molecule has 1 N–H and O–H groups in total. The second kappa shape index (κ2) is 7.64. The summed E-state index contributed by atoms with van der Waals surface area (Å²) in [5.74, 6) is -0.718. The average molecular weight is 389 g/mol. The molecule has 0 amide bonds. The fraction of sp³-hybridized carbons (Fsp3) is 0.0526. The Kier molecular flexibility index (Phi) is 5.30. The van der Waals surface area contributed by atoms with Gasteiger partial charge in [0.15, 0.2) is 5.69 Å². The zero-order chi connectivity index (χ0) is 18.7. The average Bonchev–Trinajstić information content (AvgIpc) is 3.00. The lowest BCUT2D eigenvalue weighted by Gasteiger charge is -2.12. The molecule has 132 valence electrons. The van der Waals surface area contributed by atoms with Gasteiger partial charge in [-0.1, -0.05) is 35.3 Å². The van der Waals surface area contributed by atoms with Gasteiger partial charge in [0.1, 0.15) is 5.82 Å². The monoisotopic (exact) mass is 388 g/mol. The van der Waals surface area contributed by atoms with Crippen LogP contribution >= 0.6 is 23.2 Å². The summed E-state index contributed by atoms with van der Waals surface area (Å²) in [4.78, 5) is 16.1. The molecule has 3 aromatic rings. The minimum atomic E-state index is -1.15. The van der Waals surface area contributed by atoms with Crippen LogP contribution in [0.15, 0.2) is 54.8 Å². The summed E-state index contributed by atoms with van der Waals surface area (Å²) in [5.41, 5.74) is 1.55. The van der Waals surface area contributed by atoms with Crippen molar-refractivity contribution in [3.8, 4) is 17.1 Å². The van der Waals surface area contributed by atoms with Crippen LogP contribution in [0.25, 0.3) is 23.2 Å². The highest BCUT2D eigenvalue weighted by atomic mass is 35.5. The lowest BCUT2D eigenvalue weighted by molar-refractivity contribution is 0.0691. The number of hydrogen-bond donors (Lipinski definition) is 1. The maximum absolute atomic E-state index is 11.7. The molecule has 0 radical (unpaired) electrons. The van der Waals surface area contributed by atoms with Crippen LogP contribution in [-0.2, 0) is 4.74 Å². The largest absolute Gasteiger partial charge is 0.504 e. The highest BCUT2D eigenvalue weighted by Crippen LogP contribution is 2.31. The van der Waals surface area contributed by atoms with Gasteiger partial charge in [-0.05, 0) is 42.5 Å². The maximum Gasteiger partial charge on any atom is 0.356 e. The fourth-order valence-electron chi connectivity index (χ4n) is 2.55. The molecule has 26 heavy (non-hydrogen) atoms. The number of rotatable bonds is 5. The van der Waals surface area contributed by atoms with E-state index in [1.807, 2.05) is 6.07 Å². The number of aromatic carboxylic acids is 1. The third-order valence-electron chi connectivity index (χ3n) is 3.67. The lowest BCUT2D eigenvalue weighted by atomic mass is 10.2. The van der Waals surface area contributed by atoms with Crippen molar-refractivity contribution in [2.45, 2.75) is 0 Å². The van der Waals surface area contributed by atoms with Crippen LogP contribution in [0.5, 0.6) is 0 Å². The van der Waals surface area contributed by atoms with Crippen LogP contribution in [0.2, 0.25) is 10.0 Å². The highest BCUT2D eigenvalue weighted by molar-refractivity contribution is 6.32. The van der Waals surface area contributed by atoms with Gasteiger partial charge in [-0.3, -0.25) is 4.57 Å². The zero-order valence-corrected chi connectivity index (χ0v) is 15.2. The molecule has 0 saturated carbocycles. The second-order valence-electron chi connectivity index (χ2n) is 5.31. The molecule has 0 unspecified atom stereocenters. The third kappa shape index (κ3) is 3.45. The van der Waals surface area contributed by atoms with Gasteiger partial charge in [-0.15, -0.1) is 0 Å². The van der Waals surface area contributed by atoms with E-state index < -0.39 is 5.97 Å². The Morgan fingerprint density at radius 2 is 1.85 bits per heavy atom. The van der Waals surface area contributed by atoms with Gasteiger partial charge in [0.2, 0.25) is 0 Å². The Balaban J connectivity index is 2.36. The first-order valence-electron chi connectivity index (χ1n) is 7.59. The quantitative estimate of drug-likeness (QED) is 0.612. The number of carboxylic acids is 1. The van der Waals surface area contributed by atoms with Crippen molar-refractivity contribution in [2.75, 3.05) is 7.11 Å². The molecule has 3 rings (SSSR count). The number of carboxylic acid groups (broad SMARTS) is 1. The van der Waals surface area contributed by atoms with Crippen LogP contribution in [0.3, 0.4) is 0 Å². The second-order valence-corrected chi connectivity index (χ2v) is 6.15. The number of benzene rings is 2. The maximum atomic E-state index is 11.7. The number of hydrogen-bond acceptors (Lipinski definition) is 3. The Bertz CT molecular complexity index is 979. The molecular formula is C19H14Cl2N2O3. The number of carbonyl (C=O) groups is 1. The van der Waals surface area contributed by atoms with E-state index in [9.17, 15) is 9.90 Å². The molecule has 2 aromatic carbocycles. The van der Waals surface area contributed by atoms with E-state index in [1.54, 1.807) is 53.1 Å². The Morgan fingerprint density at radius 1 is 1.15 bits per heavy atom. The number of nitrogens with zero attached hydrogens (tertiary/aromatic N) is 2. The third-order valence-corrected chi connectivity index (χ3v) is 4.24. The van der Waals surface area contributed by atoms with Crippen molar-refractivity contribution in [2.24, 2.45) is 0 Å². The molecule has 0 aliphatic heterocycles. The molecule has 5 nitrogen and oxygen atoms in total. The lowest BCUT2D eigenvalue weighted by Crippen LogP contribution is -2.03.